The van der Waals surface area contributed by atoms with Crippen molar-refractivity contribution in [2.45, 2.75) is 43.5 Å². The maximum absolute atomic E-state index is 13.6. The van der Waals surface area contributed by atoms with Gasteiger partial charge in [-0.3, -0.25) is 19.7 Å². The van der Waals surface area contributed by atoms with Gasteiger partial charge in [0, 0.05) is 22.5 Å². The Kier molecular flexibility index (Phi) is 4.59. The number of nitro groups is 1. The number of aliphatic hydroxyl groups is 1. The summed E-state index contributed by atoms with van der Waals surface area (Å²) in [4.78, 5) is 38.5. The molecular formula is C22H18F3NO5. The van der Waals surface area contributed by atoms with Crippen LogP contribution < -0.4 is 0 Å². The van der Waals surface area contributed by atoms with Crippen LogP contribution in [-0.2, 0) is 6.18 Å². The smallest absolute Gasteiger partial charge is 0.389 e. The molecule has 9 heteroatoms. The number of rotatable bonds is 2. The van der Waals surface area contributed by atoms with E-state index in [-0.39, 0.29) is 29.5 Å². The molecule has 0 aromatic heterocycles. The molecule has 2 aromatic rings. The molecule has 1 spiro atoms. The zero-order valence-electron chi connectivity index (χ0n) is 16.3. The van der Waals surface area contributed by atoms with Crippen molar-refractivity contribution in [1.82, 2.24) is 0 Å². The first-order chi connectivity index (χ1) is 14.4. The van der Waals surface area contributed by atoms with Crippen LogP contribution in [0.3, 0.4) is 0 Å². The minimum absolute atomic E-state index is 0.0316. The summed E-state index contributed by atoms with van der Waals surface area (Å²) in [6.07, 6.45) is -4.93. The summed E-state index contributed by atoms with van der Waals surface area (Å²) in [5, 5.41) is 23.2. The Hall–Kier alpha value is -3.07. The first kappa shape index (κ1) is 21.2. The molecule has 0 unspecified atom stereocenters. The molecule has 0 bridgehead atoms. The van der Waals surface area contributed by atoms with Gasteiger partial charge in [-0.05, 0) is 31.0 Å². The van der Waals surface area contributed by atoms with Crippen molar-refractivity contribution in [1.29, 1.82) is 0 Å². The molecule has 3 atom stereocenters. The zero-order chi connectivity index (χ0) is 22.8. The van der Waals surface area contributed by atoms with Crippen molar-refractivity contribution >= 4 is 11.6 Å². The molecule has 162 valence electrons. The Morgan fingerprint density at radius 1 is 1.03 bits per heavy atom. The molecule has 0 radical (unpaired) electrons. The van der Waals surface area contributed by atoms with Gasteiger partial charge >= 0.3 is 6.18 Å². The van der Waals surface area contributed by atoms with Gasteiger partial charge < -0.3 is 5.11 Å². The lowest BCUT2D eigenvalue weighted by Crippen LogP contribution is -2.63. The van der Waals surface area contributed by atoms with E-state index < -0.39 is 51.2 Å². The summed E-state index contributed by atoms with van der Waals surface area (Å²) >= 11 is 0. The molecule has 31 heavy (non-hydrogen) atoms. The normalized spacial score (nSPS) is 27.4. The number of hydrogen-bond acceptors (Lipinski definition) is 5. The van der Waals surface area contributed by atoms with E-state index >= 15 is 0 Å². The predicted octanol–water partition coefficient (Wildman–Crippen LogP) is 4.04. The molecule has 6 nitrogen and oxygen atoms in total. The van der Waals surface area contributed by atoms with E-state index in [4.69, 9.17) is 0 Å². The first-order valence-electron chi connectivity index (χ1n) is 9.64. The van der Waals surface area contributed by atoms with Gasteiger partial charge in [-0.2, -0.15) is 13.2 Å². The highest BCUT2D eigenvalue weighted by Crippen LogP contribution is 2.59. The largest absolute Gasteiger partial charge is 0.416 e. The van der Waals surface area contributed by atoms with E-state index in [0.29, 0.717) is 0 Å². The summed E-state index contributed by atoms with van der Waals surface area (Å²) < 4.78 is 39.1. The lowest BCUT2D eigenvalue weighted by Gasteiger charge is -2.49. The number of benzene rings is 2. The number of nitrogens with zero attached hydrogens (tertiary/aromatic N) is 1. The number of hydrogen-bond donors (Lipinski definition) is 1. The van der Waals surface area contributed by atoms with Crippen LogP contribution >= 0.6 is 0 Å². The second-order valence-electron chi connectivity index (χ2n) is 8.27. The number of halogens is 3. The summed E-state index contributed by atoms with van der Waals surface area (Å²) in [5.41, 5.74) is -4.96. The highest BCUT2D eigenvalue weighted by Gasteiger charge is 2.72. The summed E-state index contributed by atoms with van der Waals surface area (Å²) in [5.74, 6) is -2.91. The third-order valence-corrected chi connectivity index (χ3v) is 6.63. The molecule has 0 heterocycles. The Labute approximate surface area is 174 Å². The maximum Gasteiger partial charge on any atom is 0.416 e. The van der Waals surface area contributed by atoms with E-state index in [1.54, 1.807) is 12.1 Å². The molecule has 2 aliphatic rings. The van der Waals surface area contributed by atoms with Gasteiger partial charge in [0.2, 0.25) is 6.04 Å². The van der Waals surface area contributed by atoms with E-state index in [0.717, 1.165) is 24.3 Å². The number of carbonyl (C=O) groups is 2. The van der Waals surface area contributed by atoms with E-state index in [1.165, 1.54) is 19.1 Å². The zero-order valence-corrected chi connectivity index (χ0v) is 16.3. The van der Waals surface area contributed by atoms with Crippen molar-refractivity contribution in [3.8, 4) is 0 Å². The molecule has 0 aliphatic heterocycles. The summed E-state index contributed by atoms with van der Waals surface area (Å²) in [7, 11) is 0. The van der Waals surface area contributed by atoms with Crippen LogP contribution in [0.5, 0.6) is 0 Å². The second kappa shape index (κ2) is 6.71. The standard InChI is InChI=1S/C22H18F3NO5/c1-20(29)11-10-16(26(30)31)17(12-6-8-13(9-7-12)22(23,24)25)21(20)18(27)14-4-2-3-5-15(14)19(21)28/h2-9,16-17,29H,10-11H2,1H3/t16-,17+,20+/m0/s1. The molecule has 4 rings (SSSR count). The molecule has 1 N–H and O–H groups in total. The number of Topliss-reactive ketones (excluding diaryl/α,β-unsaturated/α-hetero) is 2. The third-order valence-electron chi connectivity index (χ3n) is 6.63. The Morgan fingerprint density at radius 2 is 1.55 bits per heavy atom. The number of alkyl halides is 3. The number of ketones is 2. The minimum Gasteiger partial charge on any atom is -0.389 e. The molecule has 0 amide bonds. The van der Waals surface area contributed by atoms with Gasteiger partial charge in [0.15, 0.2) is 11.6 Å². The van der Waals surface area contributed by atoms with Gasteiger partial charge in [0.25, 0.3) is 0 Å². The average molecular weight is 433 g/mol. The Morgan fingerprint density at radius 3 is 2.00 bits per heavy atom. The molecule has 0 saturated heterocycles. The first-order valence-corrected chi connectivity index (χ1v) is 9.64. The van der Waals surface area contributed by atoms with Gasteiger partial charge in [-0.1, -0.05) is 36.4 Å². The quantitative estimate of drug-likeness (QED) is 0.438. The average Bonchev–Trinajstić information content (AvgIpc) is 2.93. The third kappa shape index (κ3) is 2.83. The number of fused-ring (bicyclic) bond motifs is 1. The van der Waals surface area contributed by atoms with Gasteiger partial charge in [0.05, 0.1) is 17.1 Å². The van der Waals surface area contributed by atoms with E-state index in [9.17, 15) is 38.0 Å². The molecule has 1 saturated carbocycles. The van der Waals surface area contributed by atoms with Crippen LogP contribution in [0, 0.1) is 15.5 Å². The van der Waals surface area contributed by atoms with Crippen LogP contribution in [-0.4, -0.2) is 33.2 Å². The summed E-state index contributed by atoms with van der Waals surface area (Å²) in [6, 6.07) is 8.12. The van der Waals surface area contributed by atoms with Gasteiger partial charge in [0.1, 0.15) is 5.41 Å². The van der Waals surface area contributed by atoms with E-state index in [1.807, 2.05) is 0 Å². The Bertz CT molecular complexity index is 1060. The van der Waals surface area contributed by atoms with Crippen LogP contribution in [0.15, 0.2) is 48.5 Å². The van der Waals surface area contributed by atoms with Crippen molar-refractivity contribution < 1.29 is 32.8 Å². The van der Waals surface area contributed by atoms with Crippen LogP contribution in [0.4, 0.5) is 13.2 Å². The summed E-state index contributed by atoms with van der Waals surface area (Å²) in [6.45, 7) is 1.29. The second-order valence-corrected chi connectivity index (χ2v) is 8.27. The lowest BCUT2D eigenvalue weighted by atomic mass is 9.52. The van der Waals surface area contributed by atoms with Crippen molar-refractivity contribution in [2.24, 2.45) is 5.41 Å². The fraction of sp³-hybridized carbons (Fsp3) is 0.364. The fourth-order valence-electron chi connectivity index (χ4n) is 5.17. The van der Waals surface area contributed by atoms with Crippen LogP contribution in [0.25, 0.3) is 0 Å². The lowest BCUT2D eigenvalue weighted by molar-refractivity contribution is -0.535. The maximum atomic E-state index is 13.6. The molecule has 2 aromatic carbocycles. The van der Waals surface area contributed by atoms with Crippen LogP contribution in [0.1, 0.15) is 57.5 Å². The fourth-order valence-corrected chi connectivity index (χ4v) is 5.17. The SMILES string of the molecule is C[C@@]1(O)CC[C@H]([N+](=O)[O-])[C@@H](c2ccc(C(F)(F)F)cc2)C12C(=O)c1ccccc1C2=O. The van der Waals surface area contributed by atoms with Gasteiger partial charge in [-0.15, -0.1) is 0 Å². The van der Waals surface area contributed by atoms with Crippen molar-refractivity contribution in [3.63, 3.8) is 0 Å². The highest BCUT2D eigenvalue weighted by molar-refractivity contribution is 6.31. The van der Waals surface area contributed by atoms with Crippen LogP contribution in [0.2, 0.25) is 0 Å². The monoisotopic (exact) mass is 433 g/mol. The van der Waals surface area contributed by atoms with Crippen molar-refractivity contribution in [3.05, 3.63) is 80.9 Å². The minimum atomic E-state index is -4.62. The highest BCUT2D eigenvalue weighted by atomic mass is 19.4. The molecular weight excluding hydrogens is 415 g/mol. The predicted molar refractivity (Wildman–Crippen MR) is 102 cm³/mol. The topological polar surface area (TPSA) is 97.5 Å². The molecule has 2 aliphatic carbocycles. The molecule has 1 fully saturated rings. The Balaban J connectivity index is 1.98. The van der Waals surface area contributed by atoms with Crippen molar-refractivity contribution in [2.75, 3.05) is 0 Å². The van der Waals surface area contributed by atoms with E-state index in [2.05, 4.69) is 0 Å². The van der Waals surface area contributed by atoms with Gasteiger partial charge in [-0.25, -0.2) is 0 Å². The number of carbonyl (C=O) groups excluding carboxylic acids is 2.